The van der Waals surface area contributed by atoms with E-state index in [1.165, 1.54) is 11.3 Å². The van der Waals surface area contributed by atoms with Crippen LogP contribution in [0, 0.1) is 5.92 Å². The largest absolute Gasteiger partial charge is 0.380 e. The van der Waals surface area contributed by atoms with Gasteiger partial charge in [-0.15, -0.1) is 0 Å². The maximum atomic E-state index is 5.56. The lowest BCUT2D eigenvalue weighted by Gasteiger charge is -2.13. The van der Waals surface area contributed by atoms with Crippen LogP contribution >= 0.6 is 0 Å². The SMILES string of the molecule is CC(C)CCOCCNCc1ccc(N(C)C)cc1. The van der Waals surface area contributed by atoms with E-state index in [1.807, 2.05) is 0 Å². The first-order valence-electron chi connectivity index (χ1n) is 7.14. The number of hydrogen-bond acceptors (Lipinski definition) is 3. The van der Waals surface area contributed by atoms with E-state index >= 15 is 0 Å². The second-order valence-corrected chi connectivity index (χ2v) is 5.53. The van der Waals surface area contributed by atoms with Crippen molar-refractivity contribution in [2.24, 2.45) is 5.92 Å². The van der Waals surface area contributed by atoms with Crippen molar-refractivity contribution in [1.29, 1.82) is 0 Å². The molecule has 108 valence electrons. The van der Waals surface area contributed by atoms with E-state index in [1.54, 1.807) is 0 Å². The molecule has 0 saturated heterocycles. The summed E-state index contributed by atoms with van der Waals surface area (Å²) in [4.78, 5) is 2.11. The molecule has 0 aliphatic rings. The third-order valence-electron chi connectivity index (χ3n) is 3.04. The molecule has 3 nitrogen and oxygen atoms in total. The van der Waals surface area contributed by atoms with Gasteiger partial charge in [0.1, 0.15) is 0 Å². The number of anilines is 1. The van der Waals surface area contributed by atoms with Crippen molar-refractivity contribution in [1.82, 2.24) is 5.32 Å². The van der Waals surface area contributed by atoms with Crippen molar-refractivity contribution >= 4 is 5.69 Å². The van der Waals surface area contributed by atoms with Crippen LogP contribution in [0.1, 0.15) is 25.8 Å². The molecule has 0 heterocycles. The van der Waals surface area contributed by atoms with Crippen molar-refractivity contribution in [2.45, 2.75) is 26.8 Å². The van der Waals surface area contributed by atoms with E-state index in [0.717, 1.165) is 38.6 Å². The molecule has 0 saturated carbocycles. The fourth-order valence-corrected chi connectivity index (χ4v) is 1.71. The molecule has 0 amide bonds. The number of benzene rings is 1. The van der Waals surface area contributed by atoms with E-state index in [9.17, 15) is 0 Å². The molecule has 0 fully saturated rings. The molecule has 1 aromatic carbocycles. The third-order valence-corrected chi connectivity index (χ3v) is 3.04. The van der Waals surface area contributed by atoms with Crippen LogP contribution in [0.3, 0.4) is 0 Å². The average Bonchev–Trinajstić information content (AvgIpc) is 2.38. The predicted octanol–water partition coefficient (Wildman–Crippen LogP) is 2.90. The fraction of sp³-hybridized carbons (Fsp3) is 0.625. The Kier molecular flexibility index (Phi) is 7.53. The van der Waals surface area contributed by atoms with Crippen LogP contribution in [-0.2, 0) is 11.3 Å². The lowest BCUT2D eigenvalue weighted by molar-refractivity contribution is 0.125. The summed E-state index contributed by atoms with van der Waals surface area (Å²) < 4.78 is 5.56. The zero-order valence-corrected chi connectivity index (χ0v) is 12.8. The van der Waals surface area contributed by atoms with Gasteiger partial charge in [0, 0.05) is 39.5 Å². The molecule has 3 heteroatoms. The second kappa shape index (κ2) is 8.94. The lowest BCUT2D eigenvalue weighted by atomic mass is 10.1. The predicted molar refractivity (Wildman–Crippen MR) is 82.7 cm³/mol. The van der Waals surface area contributed by atoms with E-state index in [-0.39, 0.29) is 0 Å². The summed E-state index contributed by atoms with van der Waals surface area (Å²) in [5, 5.41) is 3.40. The van der Waals surface area contributed by atoms with E-state index in [4.69, 9.17) is 4.74 Å². The number of nitrogens with zero attached hydrogens (tertiary/aromatic N) is 1. The first kappa shape index (κ1) is 16.0. The minimum absolute atomic E-state index is 0.725. The minimum atomic E-state index is 0.725. The number of nitrogens with one attached hydrogen (secondary N) is 1. The Labute approximate surface area is 118 Å². The summed E-state index contributed by atoms with van der Waals surface area (Å²) in [6.07, 6.45) is 1.14. The normalized spacial score (nSPS) is 11.0. The molecular formula is C16H28N2O. The van der Waals surface area contributed by atoms with Crippen molar-refractivity contribution < 1.29 is 4.74 Å². The zero-order valence-electron chi connectivity index (χ0n) is 12.8. The highest BCUT2D eigenvalue weighted by molar-refractivity contribution is 5.45. The molecule has 0 atom stereocenters. The minimum Gasteiger partial charge on any atom is -0.380 e. The van der Waals surface area contributed by atoms with Gasteiger partial charge in [-0.25, -0.2) is 0 Å². The Morgan fingerprint density at radius 3 is 2.37 bits per heavy atom. The fourth-order valence-electron chi connectivity index (χ4n) is 1.71. The molecule has 0 radical (unpaired) electrons. The van der Waals surface area contributed by atoms with Crippen molar-refractivity contribution in [2.75, 3.05) is 38.8 Å². The van der Waals surface area contributed by atoms with Crippen LogP contribution in [0.15, 0.2) is 24.3 Å². The zero-order chi connectivity index (χ0) is 14.1. The summed E-state index contributed by atoms with van der Waals surface area (Å²) >= 11 is 0. The Hall–Kier alpha value is -1.06. The molecule has 1 N–H and O–H groups in total. The van der Waals surface area contributed by atoms with Crippen LogP contribution in [0.2, 0.25) is 0 Å². The number of hydrogen-bond donors (Lipinski definition) is 1. The van der Waals surface area contributed by atoms with Gasteiger partial charge < -0.3 is 15.0 Å². The Bertz CT molecular complexity index is 333. The highest BCUT2D eigenvalue weighted by Crippen LogP contribution is 2.11. The average molecular weight is 264 g/mol. The van der Waals surface area contributed by atoms with Gasteiger partial charge >= 0.3 is 0 Å². The summed E-state index contributed by atoms with van der Waals surface area (Å²) in [5.74, 6) is 0.725. The molecule has 0 aliphatic carbocycles. The van der Waals surface area contributed by atoms with Crippen molar-refractivity contribution in [3.05, 3.63) is 29.8 Å². The summed E-state index contributed by atoms with van der Waals surface area (Å²) in [6, 6.07) is 8.64. The maximum Gasteiger partial charge on any atom is 0.0591 e. The van der Waals surface area contributed by atoms with Crippen molar-refractivity contribution in [3.63, 3.8) is 0 Å². The molecule has 1 aromatic rings. The molecule has 0 spiro atoms. The molecular weight excluding hydrogens is 236 g/mol. The molecule has 0 unspecified atom stereocenters. The van der Waals surface area contributed by atoms with Gasteiger partial charge in [-0.05, 0) is 30.0 Å². The third kappa shape index (κ3) is 7.19. The van der Waals surface area contributed by atoms with E-state index in [0.29, 0.717) is 0 Å². The summed E-state index contributed by atoms with van der Waals surface area (Å²) in [6.45, 7) is 7.92. The smallest absolute Gasteiger partial charge is 0.0591 e. The number of rotatable bonds is 9. The first-order valence-corrected chi connectivity index (χ1v) is 7.14. The molecule has 0 aliphatic heterocycles. The van der Waals surface area contributed by atoms with Gasteiger partial charge in [0.15, 0.2) is 0 Å². The van der Waals surface area contributed by atoms with Crippen LogP contribution < -0.4 is 10.2 Å². The first-order chi connectivity index (χ1) is 9.09. The topological polar surface area (TPSA) is 24.5 Å². The Morgan fingerprint density at radius 1 is 1.11 bits per heavy atom. The summed E-state index contributed by atoms with van der Waals surface area (Å²) in [7, 11) is 4.11. The summed E-state index contributed by atoms with van der Waals surface area (Å²) in [5.41, 5.74) is 2.55. The van der Waals surface area contributed by atoms with E-state index < -0.39 is 0 Å². The van der Waals surface area contributed by atoms with Gasteiger partial charge in [0.05, 0.1) is 6.61 Å². The van der Waals surface area contributed by atoms with Gasteiger partial charge in [-0.3, -0.25) is 0 Å². The highest BCUT2D eigenvalue weighted by Gasteiger charge is 1.97. The molecule has 0 aromatic heterocycles. The Balaban J connectivity index is 2.09. The standard InChI is InChI=1S/C16H28N2O/c1-14(2)9-11-19-12-10-17-13-15-5-7-16(8-6-15)18(3)4/h5-8,14,17H,9-13H2,1-4H3. The molecule has 19 heavy (non-hydrogen) atoms. The monoisotopic (exact) mass is 264 g/mol. The van der Waals surface area contributed by atoms with Crippen molar-refractivity contribution in [3.8, 4) is 0 Å². The van der Waals surface area contributed by atoms with Crippen LogP contribution in [0.5, 0.6) is 0 Å². The van der Waals surface area contributed by atoms with E-state index in [2.05, 4.69) is 62.4 Å². The second-order valence-electron chi connectivity index (χ2n) is 5.53. The van der Waals surface area contributed by atoms with Gasteiger partial charge in [-0.1, -0.05) is 26.0 Å². The quantitative estimate of drug-likeness (QED) is 0.694. The van der Waals surface area contributed by atoms with Crippen LogP contribution in [0.25, 0.3) is 0 Å². The van der Waals surface area contributed by atoms with Crippen LogP contribution in [-0.4, -0.2) is 33.9 Å². The van der Waals surface area contributed by atoms with Gasteiger partial charge in [0.25, 0.3) is 0 Å². The lowest BCUT2D eigenvalue weighted by Crippen LogP contribution is -2.19. The Morgan fingerprint density at radius 2 is 1.79 bits per heavy atom. The van der Waals surface area contributed by atoms with Crippen LogP contribution in [0.4, 0.5) is 5.69 Å². The highest BCUT2D eigenvalue weighted by atomic mass is 16.5. The van der Waals surface area contributed by atoms with Gasteiger partial charge in [0.2, 0.25) is 0 Å². The maximum absolute atomic E-state index is 5.56. The van der Waals surface area contributed by atoms with Gasteiger partial charge in [-0.2, -0.15) is 0 Å². The number of ether oxygens (including phenoxy) is 1. The molecule has 0 bridgehead atoms. The molecule has 1 rings (SSSR count).